The largest absolute Gasteiger partial charge is 0.445 e. The third-order valence-electron chi connectivity index (χ3n) is 7.45. The minimum atomic E-state index is -3.38. The smallest absolute Gasteiger partial charge is 0.122 e. The molecular weight excluding hydrogens is 484 g/mol. The molecule has 0 saturated heterocycles. The summed E-state index contributed by atoms with van der Waals surface area (Å²) in [6.45, 7) is 0. The summed E-state index contributed by atoms with van der Waals surface area (Å²) in [7, 11) is -1.67. The molecule has 0 bridgehead atoms. The molecule has 0 atom stereocenters. The molecule has 1 nitrogen and oxygen atoms in total. The van der Waals surface area contributed by atoms with E-state index in [0.717, 1.165) is 26.8 Å². The highest BCUT2D eigenvalue weighted by Gasteiger charge is 2.53. The van der Waals surface area contributed by atoms with Gasteiger partial charge in [-0.25, -0.2) is 13.2 Å². The molecule has 37 heavy (non-hydrogen) atoms. The van der Waals surface area contributed by atoms with E-state index in [4.69, 9.17) is 4.43 Å². The quantitative estimate of drug-likeness (QED) is 0.301. The van der Waals surface area contributed by atoms with Crippen LogP contribution in [0.4, 0.5) is 13.2 Å². The maximum atomic E-state index is 14.3. The van der Waals surface area contributed by atoms with Crippen LogP contribution in [0.1, 0.15) is 0 Å². The Morgan fingerprint density at radius 2 is 0.757 bits per heavy atom. The second kappa shape index (κ2) is 10.2. The van der Waals surface area contributed by atoms with Crippen molar-refractivity contribution < 1.29 is 17.6 Å². The second-order valence-corrected chi connectivity index (χ2v) is 13.1. The molecule has 6 heteroatoms. The van der Waals surface area contributed by atoms with Crippen molar-refractivity contribution in [2.24, 2.45) is 0 Å². The molecule has 0 aliphatic carbocycles. The predicted molar refractivity (Wildman–Crippen MR) is 149 cm³/mol. The maximum Gasteiger partial charge on any atom is 0.122 e. The first kappa shape index (κ1) is 24.8. The molecule has 0 aliphatic rings. The van der Waals surface area contributed by atoms with Gasteiger partial charge < -0.3 is 4.43 Å². The summed E-state index contributed by atoms with van der Waals surface area (Å²) in [5.41, 5.74) is 0.378. The van der Waals surface area contributed by atoms with Crippen LogP contribution in [-0.2, 0) is 4.43 Å². The Labute approximate surface area is 216 Å². The zero-order valence-corrected chi connectivity index (χ0v) is 21.3. The first-order chi connectivity index (χ1) is 18.0. The van der Waals surface area contributed by atoms with Crippen molar-refractivity contribution >= 4 is 40.7 Å². The van der Waals surface area contributed by atoms with Crippen LogP contribution in [0.2, 0.25) is 0 Å². The van der Waals surface area contributed by atoms with Gasteiger partial charge in [-0.2, -0.15) is 16.4 Å². The lowest BCUT2D eigenvalue weighted by atomic mass is 9.34. The molecule has 0 N–H and O–H groups in total. The fraction of sp³-hybridized carbons (Fsp3) is 0.0323. The fourth-order valence-electron chi connectivity index (χ4n) is 5.99. The fourth-order valence-corrected chi connectivity index (χ4v) is 11.5. The summed E-state index contributed by atoms with van der Waals surface area (Å²) < 4.78 is 49.7. The summed E-state index contributed by atoms with van der Waals surface area (Å²) >= 11 is 0. The monoisotopic (exact) mass is 509 g/mol. The number of halogens is 3. The van der Waals surface area contributed by atoms with Crippen LogP contribution in [0.3, 0.4) is 0 Å². The number of rotatable bonds is 7. The lowest BCUT2D eigenvalue weighted by Gasteiger charge is -2.56. The van der Waals surface area contributed by atoms with Crippen LogP contribution in [-0.4, -0.2) is 21.0 Å². The number of benzene rings is 5. The first-order valence-electron chi connectivity index (χ1n) is 12.1. The predicted octanol–water partition coefficient (Wildman–Crippen LogP) is 4.06. The molecule has 0 aliphatic heterocycles. The molecule has 0 spiro atoms. The first-order valence-corrected chi connectivity index (χ1v) is 14.1. The van der Waals surface area contributed by atoms with Crippen molar-refractivity contribution in [2.45, 2.75) is 0 Å². The van der Waals surface area contributed by atoms with Crippen LogP contribution in [0.15, 0.2) is 133 Å². The third kappa shape index (κ3) is 4.12. The normalized spacial score (nSPS) is 11.9. The van der Waals surface area contributed by atoms with Gasteiger partial charge in [-0.05, 0) is 36.4 Å². The van der Waals surface area contributed by atoms with Gasteiger partial charge in [0.15, 0.2) is 0 Å². The minimum Gasteiger partial charge on any atom is -0.445 e. The Morgan fingerprint density at radius 1 is 0.459 bits per heavy atom. The molecule has 0 saturated carbocycles. The van der Waals surface area contributed by atoms with E-state index in [0.29, 0.717) is 0 Å². The highest BCUT2D eigenvalue weighted by molar-refractivity contribution is 7.61. The molecular formula is C31H25BF3OSi-. The minimum absolute atomic E-state index is 0.365. The SMILES string of the molecule is CO[Si](c1ccccc1)(c1ccccc1)[B-](c1ccc(F)cc1)(c1ccc(F)cc1)c1ccc(F)cc1. The van der Waals surface area contributed by atoms with Crippen LogP contribution >= 0.6 is 0 Å². The van der Waals surface area contributed by atoms with Crippen molar-refractivity contribution in [1.82, 2.24) is 0 Å². The van der Waals surface area contributed by atoms with Gasteiger partial charge in [0.25, 0.3) is 0 Å². The zero-order valence-electron chi connectivity index (χ0n) is 20.3. The average Bonchev–Trinajstić information content (AvgIpc) is 2.95. The molecule has 5 aromatic carbocycles. The van der Waals surface area contributed by atoms with Crippen molar-refractivity contribution in [3.63, 3.8) is 0 Å². The van der Waals surface area contributed by atoms with Crippen LogP contribution < -0.4 is 26.8 Å². The Bertz CT molecular complexity index is 1310. The number of hydrogen-bond donors (Lipinski definition) is 0. The Balaban J connectivity index is 2.04. The summed E-state index contributed by atoms with van der Waals surface area (Å²) in [6.07, 6.45) is 0. The van der Waals surface area contributed by atoms with Gasteiger partial charge >= 0.3 is 0 Å². The maximum absolute atomic E-state index is 14.3. The van der Waals surface area contributed by atoms with E-state index < -0.39 is 13.9 Å². The van der Waals surface area contributed by atoms with Gasteiger partial charge in [-0.1, -0.05) is 107 Å². The molecule has 0 fully saturated rings. The Morgan fingerprint density at radius 3 is 1.03 bits per heavy atom. The summed E-state index contributed by atoms with van der Waals surface area (Å²) in [6, 6.07) is 39.2. The molecule has 5 rings (SSSR count). The topological polar surface area (TPSA) is 9.23 Å². The Hall–Kier alpha value is -3.87. The molecule has 184 valence electrons. The van der Waals surface area contributed by atoms with Crippen LogP contribution in [0.5, 0.6) is 0 Å². The lowest BCUT2D eigenvalue weighted by molar-refractivity contribution is 0.430. The van der Waals surface area contributed by atoms with Crippen molar-refractivity contribution in [3.8, 4) is 0 Å². The molecule has 5 aromatic rings. The molecule has 0 aromatic heterocycles. The van der Waals surface area contributed by atoms with E-state index in [-0.39, 0.29) is 17.5 Å². The summed E-state index contributed by atoms with van der Waals surface area (Å²) in [5.74, 6) is -1.10. The van der Waals surface area contributed by atoms with E-state index in [9.17, 15) is 13.2 Å². The van der Waals surface area contributed by atoms with Gasteiger partial charge in [-0.15, -0.1) is 0 Å². The highest BCUT2D eigenvalue weighted by atomic mass is 28.3. The van der Waals surface area contributed by atoms with E-state index in [1.54, 1.807) is 43.5 Å². The van der Waals surface area contributed by atoms with Gasteiger partial charge in [-0.3, -0.25) is 0 Å². The third-order valence-corrected chi connectivity index (χ3v) is 12.7. The highest BCUT2D eigenvalue weighted by Crippen LogP contribution is 2.23. The number of hydrogen-bond acceptors (Lipinski definition) is 1. The van der Waals surface area contributed by atoms with Gasteiger partial charge in [0, 0.05) is 7.11 Å². The van der Waals surface area contributed by atoms with E-state index >= 15 is 0 Å². The van der Waals surface area contributed by atoms with E-state index in [2.05, 4.69) is 24.3 Å². The molecule has 0 heterocycles. The second-order valence-electron chi connectivity index (χ2n) is 9.19. The molecule has 0 radical (unpaired) electrons. The van der Waals surface area contributed by atoms with Crippen molar-refractivity contribution in [1.29, 1.82) is 0 Å². The molecule has 0 unspecified atom stereocenters. The van der Waals surface area contributed by atoms with Gasteiger partial charge in [0.1, 0.15) is 31.4 Å². The van der Waals surface area contributed by atoms with E-state index in [1.807, 2.05) is 36.4 Å². The van der Waals surface area contributed by atoms with Gasteiger partial charge in [0.2, 0.25) is 0 Å². The Kier molecular flexibility index (Phi) is 6.87. The van der Waals surface area contributed by atoms with Crippen LogP contribution in [0, 0.1) is 17.5 Å². The van der Waals surface area contributed by atoms with Crippen LogP contribution in [0.25, 0.3) is 0 Å². The summed E-state index contributed by atoms with van der Waals surface area (Å²) in [4.78, 5) is 0. The average molecular weight is 509 g/mol. The summed E-state index contributed by atoms with van der Waals surface area (Å²) in [5, 5.41) is 1.98. The molecule has 0 amide bonds. The van der Waals surface area contributed by atoms with E-state index in [1.165, 1.54) is 36.4 Å². The van der Waals surface area contributed by atoms with Gasteiger partial charge in [0.05, 0.1) is 0 Å². The van der Waals surface area contributed by atoms with Crippen molar-refractivity contribution in [2.75, 3.05) is 7.11 Å². The standard InChI is InChI=1S/C31H25BF3OSi/c1-36-37(30-8-4-2-5-9-30,31-10-6-3-7-11-31)32(24-12-18-27(33)19-13-24,25-14-20-28(34)21-15-25)26-16-22-29(35)23-17-26/h2-23H,1H3/q-1. The lowest BCUT2D eigenvalue weighted by Crippen LogP contribution is -2.91. The zero-order chi connectivity index (χ0) is 25.9. The van der Waals surface area contributed by atoms with Crippen molar-refractivity contribution in [3.05, 3.63) is 151 Å².